The number of aromatic nitrogens is 3. The summed E-state index contributed by atoms with van der Waals surface area (Å²) in [6, 6.07) is 9.97. The molecule has 82 valence electrons. The second kappa shape index (κ2) is 4.57. The Kier molecular flexibility index (Phi) is 2.95. The second-order valence-electron chi connectivity index (χ2n) is 3.43. The molecule has 0 aliphatic heterocycles. The van der Waals surface area contributed by atoms with Gasteiger partial charge in [0.1, 0.15) is 0 Å². The van der Waals surface area contributed by atoms with Crippen LogP contribution < -0.4 is 5.32 Å². The lowest BCUT2D eigenvalue weighted by Gasteiger charge is -2.03. The van der Waals surface area contributed by atoms with Gasteiger partial charge in [0, 0.05) is 0 Å². The third-order valence-corrected chi connectivity index (χ3v) is 2.35. The summed E-state index contributed by atoms with van der Waals surface area (Å²) in [5.74, 6) is 0.505. The molecular formula is C11H12N4O. The average Bonchev–Trinajstić information content (AvgIpc) is 2.64. The maximum Gasteiger partial charge on any atom is 0.212 e. The van der Waals surface area contributed by atoms with Gasteiger partial charge in [-0.25, -0.2) is 4.68 Å². The Balaban J connectivity index is 2.19. The van der Waals surface area contributed by atoms with Crippen molar-refractivity contribution < 1.29 is 4.79 Å². The SMILES string of the molecule is Cc1c(NC=O)nnn1Cc1ccccc1. The van der Waals surface area contributed by atoms with E-state index in [1.165, 1.54) is 0 Å². The van der Waals surface area contributed by atoms with Crippen LogP contribution in [-0.2, 0) is 11.3 Å². The van der Waals surface area contributed by atoms with E-state index in [0.29, 0.717) is 18.8 Å². The van der Waals surface area contributed by atoms with E-state index in [1.54, 1.807) is 4.68 Å². The summed E-state index contributed by atoms with van der Waals surface area (Å²) in [5.41, 5.74) is 1.99. The Hall–Kier alpha value is -2.17. The molecule has 0 saturated heterocycles. The number of hydrogen-bond donors (Lipinski definition) is 1. The number of hydrogen-bond acceptors (Lipinski definition) is 3. The van der Waals surface area contributed by atoms with Crippen LogP contribution in [0.4, 0.5) is 5.82 Å². The lowest BCUT2D eigenvalue weighted by atomic mass is 10.2. The van der Waals surface area contributed by atoms with Gasteiger partial charge in [-0.15, -0.1) is 5.10 Å². The molecule has 0 aliphatic rings. The molecule has 0 aliphatic carbocycles. The minimum absolute atomic E-state index is 0.505. The fourth-order valence-corrected chi connectivity index (χ4v) is 1.46. The van der Waals surface area contributed by atoms with Crippen LogP contribution in [0.1, 0.15) is 11.3 Å². The minimum Gasteiger partial charge on any atom is -0.310 e. The number of carbonyl (C=O) groups is 1. The van der Waals surface area contributed by atoms with Gasteiger partial charge in [0.15, 0.2) is 5.82 Å². The van der Waals surface area contributed by atoms with E-state index in [-0.39, 0.29) is 0 Å². The summed E-state index contributed by atoms with van der Waals surface area (Å²) >= 11 is 0. The average molecular weight is 216 g/mol. The van der Waals surface area contributed by atoms with Crippen LogP contribution >= 0.6 is 0 Å². The molecule has 2 rings (SSSR count). The van der Waals surface area contributed by atoms with Crippen LogP contribution in [-0.4, -0.2) is 21.4 Å². The van der Waals surface area contributed by atoms with Crippen molar-refractivity contribution in [1.82, 2.24) is 15.0 Å². The summed E-state index contributed by atoms with van der Waals surface area (Å²) < 4.78 is 1.75. The largest absolute Gasteiger partial charge is 0.310 e. The highest BCUT2D eigenvalue weighted by Gasteiger charge is 2.07. The van der Waals surface area contributed by atoms with Crippen LogP contribution in [0.25, 0.3) is 0 Å². The molecule has 2 aromatic rings. The first kappa shape index (κ1) is 10.4. The van der Waals surface area contributed by atoms with E-state index >= 15 is 0 Å². The van der Waals surface area contributed by atoms with Gasteiger partial charge in [-0.05, 0) is 12.5 Å². The quantitative estimate of drug-likeness (QED) is 0.781. The number of anilines is 1. The molecule has 0 radical (unpaired) electrons. The highest BCUT2D eigenvalue weighted by atomic mass is 16.1. The predicted octanol–water partition coefficient (Wildman–Crippen LogP) is 1.20. The number of carbonyl (C=O) groups excluding carboxylic acids is 1. The Bertz CT molecular complexity index is 478. The summed E-state index contributed by atoms with van der Waals surface area (Å²) in [5, 5.41) is 10.4. The number of nitrogens with zero attached hydrogens (tertiary/aromatic N) is 3. The first-order valence-corrected chi connectivity index (χ1v) is 4.95. The third-order valence-electron chi connectivity index (χ3n) is 2.35. The van der Waals surface area contributed by atoms with E-state index in [2.05, 4.69) is 15.6 Å². The van der Waals surface area contributed by atoms with Crippen molar-refractivity contribution in [3.63, 3.8) is 0 Å². The van der Waals surface area contributed by atoms with Crippen LogP contribution in [0.3, 0.4) is 0 Å². The summed E-state index contributed by atoms with van der Waals surface area (Å²) in [6.07, 6.45) is 0.601. The molecule has 0 fully saturated rings. The molecule has 0 saturated carbocycles. The van der Waals surface area contributed by atoms with E-state index in [9.17, 15) is 4.79 Å². The number of amides is 1. The molecule has 16 heavy (non-hydrogen) atoms. The zero-order valence-corrected chi connectivity index (χ0v) is 8.92. The number of rotatable bonds is 4. The summed E-state index contributed by atoms with van der Waals surface area (Å²) in [4.78, 5) is 10.3. The summed E-state index contributed by atoms with van der Waals surface area (Å²) in [6.45, 7) is 2.52. The van der Waals surface area contributed by atoms with Crippen molar-refractivity contribution in [2.45, 2.75) is 13.5 Å². The van der Waals surface area contributed by atoms with Crippen molar-refractivity contribution >= 4 is 12.2 Å². The van der Waals surface area contributed by atoms with Crippen molar-refractivity contribution in [3.8, 4) is 0 Å². The minimum atomic E-state index is 0.505. The maximum absolute atomic E-state index is 10.3. The first-order chi connectivity index (χ1) is 7.81. The fraction of sp³-hybridized carbons (Fsp3) is 0.182. The molecular weight excluding hydrogens is 204 g/mol. The zero-order chi connectivity index (χ0) is 11.4. The highest BCUT2D eigenvalue weighted by Crippen LogP contribution is 2.10. The standard InChI is InChI=1S/C11H12N4O/c1-9-11(12-8-16)13-14-15(9)7-10-5-3-2-4-6-10/h2-6,8H,7H2,1H3,(H,12,16). The Morgan fingerprint density at radius 3 is 2.81 bits per heavy atom. The first-order valence-electron chi connectivity index (χ1n) is 4.95. The van der Waals surface area contributed by atoms with Gasteiger partial charge in [-0.1, -0.05) is 35.5 Å². The smallest absolute Gasteiger partial charge is 0.212 e. The predicted molar refractivity (Wildman–Crippen MR) is 60.0 cm³/mol. The fourth-order valence-electron chi connectivity index (χ4n) is 1.46. The molecule has 5 nitrogen and oxygen atoms in total. The molecule has 0 bridgehead atoms. The van der Waals surface area contributed by atoms with Crippen LogP contribution in [0.5, 0.6) is 0 Å². The molecule has 0 unspecified atom stereocenters. The molecule has 1 aromatic heterocycles. The van der Waals surface area contributed by atoms with E-state index < -0.39 is 0 Å². The lowest BCUT2D eigenvalue weighted by molar-refractivity contribution is -0.105. The zero-order valence-electron chi connectivity index (χ0n) is 8.92. The highest BCUT2D eigenvalue weighted by molar-refractivity contribution is 5.69. The molecule has 5 heteroatoms. The topological polar surface area (TPSA) is 59.8 Å². The maximum atomic E-state index is 10.3. The van der Waals surface area contributed by atoms with Crippen molar-refractivity contribution in [3.05, 3.63) is 41.6 Å². The van der Waals surface area contributed by atoms with Gasteiger partial charge < -0.3 is 5.32 Å². The Labute approximate surface area is 93.1 Å². The van der Waals surface area contributed by atoms with Crippen LogP contribution in [0.2, 0.25) is 0 Å². The molecule has 0 atom stereocenters. The van der Waals surface area contributed by atoms with Gasteiger partial charge in [0.05, 0.1) is 12.2 Å². The molecule has 1 amide bonds. The Morgan fingerprint density at radius 1 is 1.38 bits per heavy atom. The third kappa shape index (κ3) is 2.08. The number of benzene rings is 1. The van der Waals surface area contributed by atoms with Gasteiger partial charge in [0.25, 0.3) is 0 Å². The van der Waals surface area contributed by atoms with Gasteiger partial charge in [0.2, 0.25) is 6.41 Å². The van der Waals surface area contributed by atoms with Crippen molar-refractivity contribution in [1.29, 1.82) is 0 Å². The van der Waals surface area contributed by atoms with Crippen molar-refractivity contribution in [2.24, 2.45) is 0 Å². The number of nitrogens with one attached hydrogen (secondary N) is 1. The molecule has 1 aromatic carbocycles. The van der Waals surface area contributed by atoms with E-state index in [1.807, 2.05) is 37.3 Å². The summed E-state index contributed by atoms with van der Waals surface area (Å²) in [7, 11) is 0. The molecule has 0 spiro atoms. The molecule has 1 heterocycles. The van der Waals surface area contributed by atoms with E-state index in [4.69, 9.17) is 0 Å². The van der Waals surface area contributed by atoms with E-state index in [0.717, 1.165) is 11.3 Å². The van der Waals surface area contributed by atoms with Crippen LogP contribution in [0, 0.1) is 6.92 Å². The molecule has 1 N–H and O–H groups in total. The van der Waals surface area contributed by atoms with Gasteiger partial charge in [-0.2, -0.15) is 0 Å². The van der Waals surface area contributed by atoms with Gasteiger partial charge in [-0.3, -0.25) is 4.79 Å². The monoisotopic (exact) mass is 216 g/mol. The Morgan fingerprint density at radius 2 is 2.12 bits per heavy atom. The second-order valence-corrected chi connectivity index (χ2v) is 3.43. The van der Waals surface area contributed by atoms with Crippen LogP contribution in [0.15, 0.2) is 30.3 Å². The lowest BCUT2D eigenvalue weighted by Crippen LogP contribution is -2.04. The van der Waals surface area contributed by atoms with Gasteiger partial charge >= 0.3 is 0 Å². The normalized spacial score (nSPS) is 10.1. The van der Waals surface area contributed by atoms with Crippen molar-refractivity contribution in [2.75, 3.05) is 5.32 Å².